The van der Waals surface area contributed by atoms with Crippen molar-refractivity contribution in [2.24, 2.45) is 0 Å². The third kappa shape index (κ3) is 8.75. The van der Waals surface area contributed by atoms with Crippen LogP contribution < -0.4 is 0 Å². The molecule has 0 aliphatic rings. The predicted octanol–water partition coefficient (Wildman–Crippen LogP) is 2.42. The number of rotatable bonds is 7. The second-order valence-electron chi connectivity index (χ2n) is 4.60. The van der Waals surface area contributed by atoms with Crippen LogP contribution in [-0.2, 0) is 37.1 Å². The van der Waals surface area contributed by atoms with Crippen LogP contribution in [0.5, 0.6) is 5.75 Å². The Morgan fingerprint density at radius 3 is 1.60 bits per heavy atom. The molecule has 0 bridgehead atoms. The number of aliphatic carboxylic acids is 1. The molecule has 1 aromatic rings. The Hall–Kier alpha value is -3.35. The Morgan fingerprint density at radius 1 is 0.960 bits per heavy atom. The fourth-order valence-electron chi connectivity index (χ4n) is 1.57. The van der Waals surface area contributed by atoms with Crippen molar-refractivity contribution in [1.29, 1.82) is 0 Å². The molecule has 0 atom stereocenters. The summed E-state index contributed by atoms with van der Waals surface area (Å²) in [7, 11) is 0. The zero-order valence-corrected chi connectivity index (χ0v) is 13.9. The highest BCUT2D eigenvalue weighted by atomic mass is 16.5. The van der Waals surface area contributed by atoms with Gasteiger partial charge in [-0.25, -0.2) is 14.4 Å². The average Bonchev–Trinajstić information content (AvgIpc) is 2.60. The molecule has 0 spiro atoms. The summed E-state index contributed by atoms with van der Waals surface area (Å²) in [6.45, 7) is 11.2. The van der Waals surface area contributed by atoms with Gasteiger partial charge in [0.05, 0.1) is 0 Å². The van der Waals surface area contributed by atoms with Gasteiger partial charge in [0.25, 0.3) is 0 Å². The molecule has 25 heavy (non-hydrogen) atoms. The van der Waals surface area contributed by atoms with Gasteiger partial charge >= 0.3 is 17.9 Å². The number of carbonyl (C=O) groups excluding carboxylic acids is 2. The molecule has 1 rings (SSSR count). The maximum absolute atomic E-state index is 11.0. The van der Waals surface area contributed by atoms with E-state index in [1.165, 1.54) is 0 Å². The summed E-state index contributed by atoms with van der Waals surface area (Å²) in [6.07, 6.45) is 2.92. The van der Waals surface area contributed by atoms with Crippen molar-refractivity contribution in [2.75, 3.05) is 0 Å². The van der Waals surface area contributed by atoms with E-state index in [2.05, 4.69) is 19.7 Å². The zero-order chi connectivity index (χ0) is 19.4. The van der Waals surface area contributed by atoms with Crippen molar-refractivity contribution in [2.45, 2.75) is 20.1 Å². The molecule has 0 heterocycles. The Bertz CT molecular complexity index is 629. The van der Waals surface area contributed by atoms with E-state index in [1.807, 2.05) is 6.92 Å². The first kappa shape index (κ1) is 21.6. The van der Waals surface area contributed by atoms with E-state index in [4.69, 9.17) is 14.6 Å². The lowest BCUT2D eigenvalue weighted by atomic mass is 10.1. The summed E-state index contributed by atoms with van der Waals surface area (Å²) < 4.78 is 9.75. The number of ether oxygens (including phenoxy) is 2. The molecule has 0 saturated carbocycles. The maximum atomic E-state index is 11.0. The molecular weight excluding hydrogens is 328 g/mol. The summed E-state index contributed by atoms with van der Waals surface area (Å²) in [5.41, 5.74) is 1.71. The Labute approximate surface area is 145 Å². The number of carbonyl (C=O) groups is 3. The monoisotopic (exact) mass is 348 g/mol. The third-order valence-corrected chi connectivity index (χ3v) is 2.66. The highest BCUT2D eigenvalue weighted by molar-refractivity contribution is 5.81. The minimum absolute atomic E-state index is 0.0654. The number of carboxylic acid groups (broad SMARTS) is 1. The molecule has 7 heteroatoms. The lowest BCUT2D eigenvalue weighted by Crippen LogP contribution is -2.04. The van der Waals surface area contributed by atoms with Crippen LogP contribution in [0.3, 0.4) is 0 Å². The summed E-state index contributed by atoms with van der Waals surface area (Å²) in [6, 6.07) is 3.37. The van der Waals surface area contributed by atoms with Crippen LogP contribution in [0.2, 0.25) is 0 Å². The van der Waals surface area contributed by atoms with Crippen LogP contribution in [0.25, 0.3) is 0 Å². The second kappa shape index (κ2) is 11.2. The van der Waals surface area contributed by atoms with E-state index >= 15 is 0 Å². The number of carboxylic acids is 1. The molecule has 0 aromatic heterocycles. The van der Waals surface area contributed by atoms with Crippen LogP contribution in [0.4, 0.5) is 0 Å². The normalized spacial score (nSPS) is 9.00. The first-order chi connectivity index (χ1) is 11.7. The Balaban J connectivity index is 0.00000101. The number of aromatic hydroxyl groups is 1. The van der Waals surface area contributed by atoms with Crippen molar-refractivity contribution in [1.82, 2.24) is 0 Å². The van der Waals surface area contributed by atoms with Crippen molar-refractivity contribution in [3.63, 3.8) is 0 Å². The van der Waals surface area contributed by atoms with E-state index in [1.54, 1.807) is 12.1 Å². The predicted molar refractivity (Wildman–Crippen MR) is 90.7 cm³/mol. The van der Waals surface area contributed by atoms with Crippen molar-refractivity contribution >= 4 is 17.9 Å². The summed E-state index contributed by atoms with van der Waals surface area (Å²) in [4.78, 5) is 31.3. The highest BCUT2D eigenvalue weighted by Crippen LogP contribution is 2.26. The van der Waals surface area contributed by atoms with E-state index in [-0.39, 0.29) is 19.0 Å². The molecular formula is C18H20O7. The van der Waals surface area contributed by atoms with E-state index < -0.39 is 17.9 Å². The molecule has 0 aliphatic heterocycles. The Morgan fingerprint density at radius 2 is 1.32 bits per heavy atom. The fraction of sp³-hybridized carbons (Fsp3) is 0.167. The van der Waals surface area contributed by atoms with E-state index in [0.29, 0.717) is 11.1 Å². The standard InChI is InChI=1S/C15H16O5.C3H4O2/c1-4-13(16)19-8-11-6-10(3)7-12(15(11)18)9-20-14(17)5-2;1-2-3(4)5/h4-7,18H,1-2,8-9H2,3H3;2H,1H2,(H,4,5). The van der Waals surface area contributed by atoms with Gasteiger partial charge in [-0.05, 0) is 19.1 Å². The van der Waals surface area contributed by atoms with Gasteiger partial charge < -0.3 is 19.7 Å². The first-order valence-corrected chi connectivity index (χ1v) is 7.00. The number of hydrogen-bond donors (Lipinski definition) is 2. The van der Waals surface area contributed by atoms with Crippen molar-refractivity contribution in [3.05, 3.63) is 66.8 Å². The van der Waals surface area contributed by atoms with Crippen LogP contribution in [-0.4, -0.2) is 28.1 Å². The second-order valence-corrected chi connectivity index (χ2v) is 4.60. The third-order valence-electron chi connectivity index (χ3n) is 2.66. The minimum Gasteiger partial charge on any atom is -0.507 e. The molecule has 1 aromatic carbocycles. The van der Waals surface area contributed by atoms with Gasteiger partial charge in [-0.1, -0.05) is 25.3 Å². The molecule has 0 saturated heterocycles. The minimum atomic E-state index is -0.981. The molecule has 0 unspecified atom stereocenters. The summed E-state index contributed by atoms with van der Waals surface area (Å²) >= 11 is 0. The molecule has 2 N–H and O–H groups in total. The average molecular weight is 348 g/mol. The largest absolute Gasteiger partial charge is 0.507 e. The number of phenols is 1. The van der Waals surface area contributed by atoms with Gasteiger partial charge in [0.1, 0.15) is 19.0 Å². The van der Waals surface area contributed by atoms with Crippen LogP contribution in [0.15, 0.2) is 50.1 Å². The van der Waals surface area contributed by atoms with Crippen molar-refractivity contribution in [3.8, 4) is 5.75 Å². The van der Waals surface area contributed by atoms with Crippen LogP contribution >= 0.6 is 0 Å². The lowest BCUT2D eigenvalue weighted by Gasteiger charge is -2.11. The quantitative estimate of drug-likeness (QED) is 0.575. The molecule has 0 amide bonds. The molecule has 134 valence electrons. The summed E-state index contributed by atoms with van der Waals surface area (Å²) in [5, 5.41) is 17.7. The maximum Gasteiger partial charge on any atom is 0.330 e. The van der Waals surface area contributed by atoms with Gasteiger partial charge in [0, 0.05) is 29.4 Å². The van der Waals surface area contributed by atoms with E-state index in [0.717, 1.165) is 23.8 Å². The summed E-state index contributed by atoms with van der Waals surface area (Å²) in [5.74, 6) is -2.20. The van der Waals surface area contributed by atoms with Crippen molar-refractivity contribution < 1.29 is 34.1 Å². The fourth-order valence-corrected chi connectivity index (χ4v) is 1.57. The number of benzene rings is 1. The van der Waals surface area contributed by atoms with Gasteiger partial charge in [0.15, 0.2) is 0 Å². The number of phenolic OH excluding ortho intramolecular Hbond substituents is 1. The molecule has 0 radical (unpaired) electrons. The number of hydrogen-bond acceptors (Lipinski definition) is 6. The molecule has 7 nitrogen and oxygen atoms in total. The van der Waals surface area contributed by atoms with E-state index in [9.17, 15) is 19.5 Å². The molecule has 0 fully saturated rings. The smallest absolute Gasteiger partial charge is 0.330 e. The van der Waals surface area contributed by atoms with Gasteiger partial charge in [-0.2, -0.15) is 0 Å². The zero-order valence-electron chi connectivity index (χ0n) is 13.9. The highest BCUT2D eigenvalue weighted by Gasteiger charge is 2.11. The SMILES string of the molecule is C=CC(=O)O.C=CC(=O)OCc1cc(C)cc(COC(=O)C=C)c1O. The van der Waals surface area contributed by atoms with Crippen LogP contribution in [0.1, 0.15) is 16.7 Å². The van der Waals surface area contributed by atoms with Gasteiger partial charge in [-0.15, -0.1) is 0 Å². The number of aryl methyl sites for hydroxylation is 1. The lowest BCUT2D eigenvalue weighted by molar-refractivity contribution is -0.139. The number of esters is 2. The molecule has 0 aliphatic carbocycles. The Kier molecular flexibility index (Phi) is 9.72. The first-order valence-electron chi connectivity index (χ1n) is 7.00. The van der Waals surface area contributed by atoms with Gasteiger partial charge in [-0.3, -0.25) is 0 Å². The van der Waals surface area contributed by atoms with Gasteiger partial charge in [0.2, 0.25) is 0 Å². The topological polar surface area (TPSA) is 110 Å². The van der Waals surface area contributed by atoms with Crippen LogP contribution in [0, 0.1) is 6.92 Å².